The van der Waals surface area contributed by atoms with E-state index >= 15 is 0 Å². The van der Waals surface area contributed by atoms with Gasteiger partial charge >= 0.3 is 0 Å². The number of carbonyl (C=O) groups is 1. The Morgan fingerprint density at radius 1 is 1.04 bits per heavy atom. The van der Waals surface area contributed by atoms with E-state index < -0.39 is 5.41 Å². The minimum atomic E-state index is -0.583. The Hall–Kier alpha value is -2.23. The molecule has 0 N–H and O–H groups in total. The summed E-state index contributed by atoms with van der Waals surface area (Å²) in [7, 11) is 1.64. The Morgan fingerprint density at radius 2 is 1.69 bits per heavy atom. The predicted molar refractivity (Wildman–Crippen MR) is 107 cm³/mol. The molecule has 1 aliphatic carbocycles. The minimum absolute atomic E-state index is 0.133. The van der Waals surface area contributed by atoms with E-state index in [1.54, 1.807) is 7.11 Å². The van der Waals surface area contributed by atoms with Gasteiger partial charge in [0, 0.05) is 11.3 Å². The van der Waals surface area contributed by atoms with E-state index in [4.69, 9.17) is 4.74 Å². The second-order valence-corrected chi connectivity index (χ2v) is 6.13. The Morgan fingerprint density at radius 3 is 2.27 bits per heavy atom. The Balaban J connectivity index is 0.000000791. The van der Waals surface area contributed by atoms with Crippen molar-refractivity contribution in [3.05, 3.63) is 52.6 Å². The standard InChI is InChI=1S/C18H20N2O2.2C2H6/c1-11-9-16(20-12(2)19-11)18(3)8-7-13-10-14(22-4)5-6-15(13)17(18)21;2*1-2/h5-6,9-10H,7-8H2,1-4H3;2*1-2H3. The molecule has 0 aliphatic heterocycles. The third kappa shape index (κ3) is 4.29. The Bertz CT molecular complexity index is 736. The molecule has 1 atom stereocenters. The fraction of sp³-hybridized carbons (Fsp3) is 0.500. The first kappa shape index (κ1) is 21.8. The van der Waals surface area contributed by atoms with Crippen LogP contribution in [0.15, 0.2) is 24.3 Å². The fourth-order valence-corrected chi connectivity index (χ4v) is 3.16. The normalized spacial score (nSPS) is 17.9. The molecule has 0 bridgehead atoms. The quantitative estimate of drug-likeness (QED) is 0.738. The second kappa shape index (κ2) is 9.46. The second-order valence-electron chi connectivity index (χ2n) is 6.13. The van der Waals surface area contributed by atoms with Gasteiger partial charge in [-0.1, -0.05) is 27.7 Å². The molecule has 4 heteroatoms. The van der Waals surface area contributed by atoms with Crippen molar-refractivity contribution < 1.29 is 9.53 Å². The zero-order chi connectivity index (χ0) is 19.9. The molecular weight excluding hydrogens is 324 g/mol. The number of aromatic nitrogens is 2. The average Bonchev–Trinajstić information content (AvgIpc) is 2.67. The topological polar surface area (TPSA) is 52.1 Å². The van der Waals surface area contributed by atoms with E-state index in [0.717, 1.165) is 41.1 Å². The molecule has 1 aromatic carbocycles. The molecule has 0 radical (unpaired) electrons. The van der Waals surface area contributed by atoms with Crippen LogP contribution in [0.1, 0.15) is 74.2 Å². The van der Waals surface area contributed by atoms with Crippen LogP contribution >= 0.6 is 0 Å². The number of fused-ring (bicyclic) bond motifs is 1. The maximum atomic E-state index is 13.1. The van der Waals surface area contributed by atoms with E-state index in [0.29, 0.717) is 5.82 Å². The largest absolute Gasteiger partial charge is 0.497 e. The summed E-state index contributed by atoms with van der Waals surface area (Å²) < 4.78 is 5.25. The monoisotopic (exact) mass is 356 g/mol. The number of hydrogen-bond donors (Lipinski definition) is 0. The van der Waals surface area contributed by atoms with Gasteiger partial charge in [0.15, 0.2) is 5.78 Å². The number of rotatable bonds is 2. The van der Waals surface area contributed by atoms with Crippen molar-refractivity contribution in [1.82, 2.24) is 9.97 Å². The summed E-state index contributed by atoms with van der Waals surface area (Å²) in [6.45, 7) is 13.8. The summed E-state index contributed by atoms with van der Waals surface area (Å²) in [4.78, 5) is 21.9. The lowest BCUT2D eigenvalue weighted by atomic mass is 9.69. The van der Waals surface area contributed by atoms with Crippen molar-refractivity contribution in [2.24, 2.45) is 0 Å². The molecule has 4 nitrogen and oxygen atoms in total. The van der Waals surface area contributed by atoms with E-state index in [2.05, 4.69) is 9.97 Å². The molecule has 0 fully saturated rings. The van der Waals surface area contributed by atoms with Crippen molar-refractivity contribution in [1.29, 1.82) is 0 Å². The van der Waals surface area contributed by atoms with E-state index in [-0.39, 0.29) is 5.78 Å². The number of benzene rings is 1. The van der Waals surface area contributed by atoms with Crippen molar-refractivity contribution in [2.45, 2.75) is 66.7 Å². The summed E-state index contributed by atoms with van der Waals surface area (Å²) in [6, 6.07) is 7.61. The van der Waals surface area contributed by atoms with Gasteiger partial charge in [-0.15, -0.1) is 0 Å². The molecule has 1 aliphatic rings. The van der Waals surface area contributed by atoms with Crippen LogP contribution in [0.5, 0.6) is 5.75 Å². The number of ketones is 1. The highest BCUT2D eigenvalue weighted by atomic mass is 16.5. The molecule has 1 heterocycles. The summed E-state index contributed by atoms with van der Waals surface area (Å²) in [5, 5.41) is 0. The molecule has 1 aromatic heterocycles. The molecule has 2 aromatic rings. The molecule has 0 saturated heterocycles. The molecule has 3 rings (SSSR count). The van der Waals surface area contributed by atoms with Crippen molar-refractivity contribution in [2.75, 3.05) is 7.11 Å². The molecule has 142 valence electrons. The van der Waals surface area contributed by atoms with Crippen LogP contribution < -0.4 is 4.74 Å². The highest BCUT2D eigenvalue weighted by molar-refractivity contribution is 6.05. The number of hydrogen-bond acceptors (Lipinski definition) is 4. The summed E-state index contributed by atoms with van der Waals surface area (Å²) in [5.74, 6) is 1.64. The van der Waals surface area contributed by atoms with Crippen LogP contribution in [0, 0.1) is 13.8 Å². The number of aryl methyl sites for hydroxylation is 3. The van der Waals surface area contributed by atoms with Crippen LogP contribution in [0.4, 0.5) is 0 Å². The molecule has 0 spiro atoms. The Labute approximate surface area is 158 Å². The highest BCUT2D eigenvalue weighted by Gasteiger charge is 2.41. The van der Waals surface area contributed by atoms with Gasteiger partial charge in [-0.25, -0.2) is 9.97 Å². The fourth-order valence-electron chi connectivity index (χ4n) is 3.16. The smallest absolute Gasteiger partial charge is 0.174 e. The zero-order valence-corrected chi connectivity index (χ0v) is 17.4. The van der Waals surface area contributed by atoms with E-state index in [9.17, 15) is 4.79 Å². The van der Waals surface area contributed by atoms with Gasteiger partial charge in [0.05, 0.1) is 18.2 Å². The first-order valence-corrected chi connectivity index (χ1v) is 9.48. The van der Waals surface area contributed by atoms with Crippen LogP contribution in [-0.4, -0.2) is 22.9 Å². The van der Waals surface area contributed by atoms with Crippen molar-refractivity contribution >= 4 is 5.78 Å². The highest BCUT2D eigenvalue weighted by Crippen LogP contribution is 2.38. The first-order valence-electron chi connectivity index (χ1n) is 9.48. The van der Waals surface area contributed by atoms with Crippen molar-refractivity contribution in [3.63, 3.8) is 0 Å². The van der Waals surface area contributed by atoms with E-state index in [1.807, 2.05) is 72.7 Å². The van der Waals surface area contributed by atoms with Gasteiger partial charge in [0.1, 0.15) is 11.6 Å². The molecule has 26 heavy (non-hydrogen) atoms. The third-order valence-electron chi connectivity index (χ3n) is 4.48. The van der Waals surface area contributed by atoms with Gasteiger partial charge in [0.2, 0.25) is 0 Å². The first-order chi connectivity index (χ1) is 12.4. The lowest BCUT2D eigenvalue weighted by molar-refractivity contribution is 0.0871. The van der Waals surface area contributed by atoms with Gasteiger partial charge in [-0.3, -0.25) is 4.79 Å². The molecular formula is C22H32N2O2. The van der Waals surface area contributed by atoms with E-state index in [1.165, 1.54) is 0 Å². The summed E-state index contributed by atoms with van der Waals surface area (Å²) in [5.41, 5.74) is 2.98. The van der Waals surface area contributed by atoms with Gasteiger partial charge in [0.25, 0.3) is 0 Å². The summed E-state index contributed by atoms with van der Waals surface area (Å²) >= 11 is 0. The van der Waals surface area contributed by atoms with Gasteiger partial charge in [-0.05, 0) is 63.4 Å². The van der Waals surface area contributed by atoms with Gasteiger partial charge < -0.3 is 4.74 Å². The third-order valence-corrected chi connectivity index (χ3v) is 4.48. The molecule has 0 saturated carbocycles. The minimum Gasteiger partial charge on any atom is -0.497 e. The molecule has 0 amide bonds. The number of Topliss-reactive ketones (excluding diaryl/α,β-unsaturated/α-hetero) is 1. The average molecular weight is 357 g/mol. The maximum absolute atomic E-state index is 13.1. The van der Waals surface area contributed by atoms with Crippen molar-refractivity contribution in [3.8, 4) is 5.75 Å². The Kier molecular flexibility index (Phi) is 7.94. The number of nitrogens with zero attached hydrogens (tertiary/aromatic N) is 2. The lowest BCUT2D eigenvalue weighted by Crippen LogP contribution is -2.38. The van der Waals surface area contributed by atoms with Crippen LogP contribution in [0.2, 0.25) is 0 Å². The number of methoxy groups -OCH3 is 1. The SMILES string of the molecule is CC.CC.COc1ccc2c(c1)CCC(C)(c1cc(C)nc(C)n1)C2=O. The van der Waals surface area contributed by atoms with Gasteiger partial charge in [-0.2, -0.15) is 0 Å². The number of ether oxygens (including phenoxy) is 1. The number of carbonyl (C=O) groups excluding carboxylic acids is 1. The molecule has 1 unspecified atom stereocenters. The van der Waals surface area contributed by atoms with Crippen LogP contribution in [0.3, 0.4) is 0 Å². The lowest BCUT2D eigenvalue weighted by Gasteiger charge is -2.33. The summed E-state index contributed by atoms with van der Waals surface area (Å²) in [6.07, 6.45) is 1.60. The zero-order valence-electron chi connectivity index (χ0n) is 17.4. The maximum Gasteiger partial charge on any atom is 0.174 e. The van der Waals surface area contributed by atoms with Crippen LogP contribution in [-0.2, 0) is 11.8 Å². The van der Waals surface area contributed by atoms with Crippen LogP contribution in [0.25, 0.3) is 0 Å². The predicted octanol–water partition coefficient (Wildman–Crippen LogP) is 5.24.